The molecule has 3 heteroatoms. The molecule has 2 nitrogen and oxygen atoms in total. The Morgan fingerprint density at radius 2 is 1.29 bits per heavy atom. The zero-order chi connectivity index (χ0) is 12.1. The number of carbonyl (C=O) groups excluding carboxylic acids is 1. The van der Waals surface area contributed by atoms with Gasteiger partial charge >= 0.3 is 0 Å². The molecule has 17 heavy (non-hydrogen) atoms. The van der Waals surface area contributed by atoms with E-state index in [1.54, 1.807) is 4.90 Å². The molecule has 2 aromatic rings. The van der Waals surface area contributed by atoms with Gasteiger partial charge in [0.15, 0.2) is 0 Å². The number of nitrogens with zero attached hydrogens (tertiary/aromatic N) is 1. The number of rotatable bonds is 3. The maximum Gasteiger partial charge on any atom is 0.249 e. The van der Waals surface area contributed by atoms with E-state index in [2.05, 4.69) is 0 Å². The Kier molecular flexibility index (Phi) is 3.89. The second kappa shape index (κ2) is 5.60. The standard InChI is InChI=1S/C14H14NOP/c1-17-14(16)15(12-8-4-2-5-9-12)13-10-6-3-7-11-13/h2-11,17H,1H3. The summed E-state index contributed by atoms with van der Waals surface area (Å²) in [6.45, 7) is 1.90. The number of amides is 1. The first-order valence-corrected chi connectivity index (χ1v) is 6.95. The van der Waals surface area contributed by atoms with E-state index in [-0.39, 0.29) is 14.2 Å². The second-order valence-electron chi connectivity index (χ2n) is 3.56. The molecule has 0 saturated carbocycles. The molecular weight excluding hydrogens is 229 g/mol. The summed E-state index contributed by atoms with van der Waals surface area (Å²) in [6.07, 6.45) is 0. The summed E-state index contributed by atoms with van der Waals surface area (Å²) in [5, 5.41) is 0. The molecule has 1 amide bonds. The molecular formula is C14H14NOP. The van der Waals surface area contributed by atoms with Crippen LogP contribution in [0.25, 0.3) is 0 Å². The first-order chi connectivity index (χ1) is 8.33. The van der Waals surface area contributed by atoms with Gasteiger partial charge < -0.3 is 0 Å². The lowest BCUT2D eigenvalue weighted by Crippen LogP contribution is -2.20. The van der Waals surface area contributed by atoms with Crippen molar-refractivity contribution in [3.63, 3.8) is 0 Å². The smallest absolute Gasteiger partial charge is 0.249 e. The normalized spacial score (nSPS) is 10.6. The van der Waals surface area contributed by atoms with Gasteiger partial charge in [0.2, 0.25) is 5.65 Å². The van der Waals surface area contributed by atoms with Crippen molar-refractivity contribution in [2.24, 2.45) is 0 Å². The summed E-state index contributed by atoms with van der Waals surface area (Å²) in [7, 11) is 0.250. The minimum Gasteiger partial charge on any atom is -0.278 e. The first kappa shape index (κ1) is 11.8. The molecule has 0 bridgehead atoms. The SMILES string of the molecule is CPC(=O)N(c1ccccc1)c1ccccc1. The summed E-state index contributed by atoms with van der Waals surface area (Å²) >= 11 is 0. The molecule has 0 saturated heterocycles. The third-order valence-electron chi connectivity index (χ3n) is 2.45. The van der Waals surface area contributed by atoms with E-state index in [0.29, 0.717) is 0 Å². The summed E-state index contributed by atoms with van der Waals surface area (Å²) in [5.74, 6) is 0. The fourth-order valence-corrected chi connectivity index (χ4v) is 2.13. The third kappa shape index (κ3) is 2.72. The second-order valence-corrected chi connectivity index (χ2v) is 4.49. The molecule has 1 atom stereocenters. The van der Waals surface area contributed by atoms with E-state index < -0.39 is 0 Å². The molecule has 0 aromatic heterocycles. The number of hydrogen-bond donors (Lipinski definition) is 0. The van der Waals surface area contributed by atoms with Gasteiger partial charge in [-0.05, 0) is 39.5 Å². The maximum absolute atomic E-state index is 12.1. The molecule has 2 rings (SSSR count). The highest BCUT2D eigenvalue weighted by atomic mass is 31.1. The van der Waals surface area contributed by atoms with Crippen LogP contribution in [-0.2, 0) is 0 Å². The van der Waals surface area contributed by atoms with Crippen LogP contribution >= 0.6 is 8.58 Å². The van der Waals surface area contributed by atoms with Crippen LogP contribution in [0, 0.1) is 0 Å². The molecule has 0 aliphatic rings. The predicted octanol–water partition coefficient (Wildman–Crippen LogP) is 4.25. The van der Waals surface area contributed by atoms with Crippen LogP contribution in [-0.4, -0.2) is 12.3 Å². The number of benzene rings is 2. The van der Waals surface area contributed by atoms with Crippen molar-refractivity contribution in [1.82, 2.24) is 0 Å². The minimum atomic E-state index is 0.127. The van der Waals surface area contributed by atoms with Crippen molar-refractivity contribution in [3.05, 3.63) is 60.7 Å². The van der Waals surface area contributed by atoms with Gasteiger partial charge in [-0.25, -0.2) is 0 Å². The zero-order valence-corrected chi connectivity index (χ0v) is 10.6. The predicted molar refractivity (Wildman–Crippen MR) is 74.7 cm³/mol. The van der Waals surface area contributed by atoms with Crippen LogP contribution in [0.1, 0.15) is 0 Å². The molecule has 0 heterocycles. The topological polar surface area (TPSA) is 20.3 Å². The lowest BCUT2D eigenvalue weighted by Gasteiger charge is -2.22. The van der Waals surface area contributed by atoms with E-state index in [9.17, 15) is 4.79 Å². The van der Waals surface area contributed by atoms with Crippen LogP contribution in [0.5, 0.6) is 0 Å². The quantitative estimate of drug-likeness (QED) is 0.738. The Bertz CT molecular complexity index is 445. The molecule has 0 aliphatic carbocycles. The molecule has 0 aliphatic heterocycles. The molecule has 0 N–H and O–H groups in total. The molecule has 2 aromatic carbocycles. The van der Waals surface area contributed by atoms with Crippen LogP contribution in [0.2, 0.25) is 0 Å². The van der Waals surface area contributed by atoms with Crippen LogP contribution < -0.4 is 4.90 Å². The number of hydrogen-bond acceptors (Lipinski definition) is 1. The van der Waals surface area contributed by atoms with Crippen LogP contribution in [0.3, 0.4) is 0 Å². The fourth-order valence-electron chi connectivity index (χ4n) is 1.65. The van der Waals surface area contributed by atoms with E-state index in [0.717, 1.165) is 11.4 Å². The molecule has 86 valence electrons. The Morgan fingerprint density at radius 3 is 1.65 bits per heavy atom. The fraction of sp³-hybridized carbons (Fsp3) is 0.0714. The van der Waals surface area contributed by atoms with E-state index in [4.69, 9.17) is 0 Å². The van der Waals surface area contributed by atoms with E-state index in [1.807, 2.05) is 67.3 Å². The lowest BCUT2D eigenvalue weighted by atomic mass is 10.2. The molecule has 0 radical (unpaired) electrons. The van der Waals surface area contributed by atoms with Gasteiger partial charge in [0.1, 0.15) is 0 Å². The highest BCUT2D eigenvalue weighted by Gasteiger charge is 2.15. The molecule has 0 fully saturated rings. The largest absolute Gasteiger partial charge is 0.278 e. The van der Waals surface area contributed by atoms with Gasteiger partial charge in [0, 0.05) is 11.4 Å². The molecule has 0 spiro atoms. The summed E-state index contributed by atoms with van der Waals surface area (Å²) in [4.78, 5) is 13.8. The van der Waals surface area contributed by atoms with Crippen molar-refractivity contribution in [1.29, 1.82) is 0 Å². The van der Waals surface area contributed by atoms with E-state index in [1.165, 1.54) is 0 Å². The van der Waals surface area contributed by atoms with Gasteiger partial charge in [0.25, 0.3) is 0 Å². The monoisotopic (exact) mass is 243 g/mol. The maximum atomic E-state index is 12.1. The van der Waals surface area contributed by atoms with Crippen molar-refractivity contribution >= 4 is 25.6 Å². The van der Waals surface area contributed by atoms with Gasteiger partial charge in [-0.3, -0.25) is 9.69 Å². The highest BCUT2D eigenvalue weighted by Crippen LogP contribution is 2.29. The van der Waals surface area contributed by atoms with Crippen LogP contribution in [0.15, 0.2) is 60.7 Å². The highest BCUT2D eigenvalue weighted by molar-refractivity contribution is 7.57. The van der Waals surface area contributed by atoms with Gasteiger partial charge in [-0.1, -0.05) is 36.4 Å². The van der Waals surface area contributed by atoms with Gasteiger partial charge in [-0.15, -0.1) is 0 Å². The Labute approximate surface area is 103 Å². The average Bonchev–Trinajstić information content (AvgIpc) is 2.41. The van der Waals surface area contributed by atoms with Gasteiger partial charge in [0.05, 0.1) is 0 Å². The number of anilines is 2. The van der Waals surface area contributed by atoms with Crippen molar-refractivity contribution in [3.8, 4) is 0 Å². The van der Waals surface area contributed by atoms with Crippen molar-refractivity contribution < 1.29 is 4.79 Å². The zero-order valence-electron chi connectivity index (χ0n) is 9.63. The Morgan fingerprint density at radius 1 is 0.882 bits per heavy atom. The number of para-hydroxylation sites is 2. The van der Waals surface area contributed by atoms with Crippen molar-refractivity contribution in [2.75, 3.05) is 11.6 Å². The minimum absolute atomic E-state index is 0.127. The summed E-state index contributed by atoms with van der Waals surface area (Å²) in [6, 6.07) is 19.5. The van der Waals surface area contributed by atoms with Gasteiger partial charge in [-0.2, -0.15) is 0 Å². The average molecular weight is 243 g/mol. The Hall–Kier alpha value is -1.66. The van der Waals surface area contributed by atoms with Crippen molar-refractivity contribution in [2.45, 2.75) is 0 Å². The number of carbonyl (C=O) groups is 1. The Balaban J connectivity index is 2.43. The summed E-state index contributed by atoms with van der Waals surface area (Å²) < 4.78 is 0. The van der Waals surface area contributed by atoms with Crippen LogP contribution in [0.4, 0.5) is 16.2 Å². The summed E-state index contributed by atoms with van der Waals surface area (Å²) in [5.41, 5.74) is 1.96. The first-order valence-electron chi connectivity index (χ1n) is 5.45. The third-order valence-corrected chi connectivity index (χ3v) is 3.10. The van der Waals surface area contributed by atoms with E-state index >= 15 is 0 Å². The lowest BCUT2D eigenvalue weighted by molar-refractivity contribution is 0.266. The molecule has 1 unspecified atom stereocenters.